The van der Waals surface area contributed by atoms with Crippen LogP contribution in [0.15, 0.2) is 0 Å². The Morgan fingerprint density at radius 2 is 2.00 bits per heavy atom. The van der Waals surface area contributed by atoms with Crippen LogP contribution in [0.25, 0.3) is 0 Å². The third-order valence-electron chi connectivity index (χ3n) is 3.50. The molecule has 3 heteroatoms. The highest BCUT2D eigenvalue weighted by Crippen LogP contribution is 2.31. The van der Waals surface area contributed by atoms with Gasteiger partial charge in [-0.05, 0) is 19.9 Å². The first kappa shape index (κ1) is 14.0. The summed E-state index contributed by atoms with van der Waals surface area (Å²) in [7, 11) is 0. The van der Waals surface area contributed by atoms with Crippen LogP contribution in [0.1, 0.15) is 41.0 Å². The molecule has 1 saturated heterocycles. The van der Waals surface area contributed by atoms with Crippen molar-refractivity contribution in [3.05, 3.63) is 0 Å². The van der Waals surface area contributed by atoms with Gasteiger partial charge in [0.25, 0.3) is 0 Å². The van der Waals surface area contributed by atoms with Gasteiger partial charge in [0.2, 0.25) is 0 Å². The average molecular weight is 243 g/mol. The summed E-state index contributed by atoms with van der Waals surface area (Å²) < 4.78 is 0.398. The van der Waals surface area contributed by atoms with E-state index in [0.29, 0.717) is 10.5 Å². The number of carbonyl (C=O) groups is 1. The molecular weight excluding hydrogens is 218 g/mol. The topological polar surface area (TPSA) is 20.3 Å². The van der Waals surface area contributed by atoms with Gasteiger partial charge in [0.1, 0.15) is 5.78 Å². The monoisotopic (exact) mass is 243 g/mol. The third-order valence-corrected chi connectivity index (χ3v) is 4.87. The molecule has 0 bridgehead atoms. The molecule has 0 aromatic carbocycles. The Hall–Kier alpha value is -0.0200. The molecule has 1 aliphatic rings. The minimum absolute atomic E-state index is 0.195. The molecule has 94 valence electrons. The highest BCUT2D eigenvalue weighted by Gasteiger charge is 2.29. The Morgan fingerprint density at radius 3 is 2.56 bits per heavy atom. The fraction of sp³-hybridized carbons (Fsp3) is 0.923. The number of Topliss-reactive ketones (excluding diaryl/α,β-unsaturated/α-hetero) is 1. The smallest absolute Gasteiger partial charge is 0.136 e. The fourth-order valence-electron chi connectivity index (χ4n) is 1.89. The minimum atomic E-state index is -0.195. The SMILES string of the molecule is CC(=O)C(C)(C)CN1CCSC(C)(C)CC1. The van der Waals surface area contributed by atoms with Crippen LogP contribution in [-0.4, -0.2) is 40.8 Å². The summed E-state index contributed by atoms with van der Waals surface area (Å²) in [6.07, 6.45) is 1.21. The molecule has 0 amide bonds. The molecule has 0 atom stereocenters. The maximum Gasteiger partial charge on any atom is 0.136 e. The second-order valence-corrected chi connectivity index (χ2v) is 7.88. The molecule has 1 heterocycles. The summed E-state index contributed by atoms with van der Waals surface area (Å²) in [6, 6.07) is 0. The Bertz CT molecular complexity index is 261. The average Bonchev–Trinajstić information content (AvgIpc) is 2.27. The molecule has 1 aliphatic heterocycles. The van der Waals surface area contributed by atoms with E-state index in [1.165, 1.54) is 12.2 Å². The quantitative estimate of drug-likeness (QED) is 0.760. The molecule has 16 heavy (non-hydrogen) atoms. The van der Waals surface area contributed by atoms with Crippen molar-refractivity contribution in [2.75, 3.05) is 25.4 Å². The summed E-state index contributed by atoms with van der Waals surface area (Å²) in [5, 5.41) is 0. The second-order valence-electron chi connectivity index (χ2n) is 6.07. The molecule has 0 spiro atoms. The van der Waals surface area contributed by atoms with Gasteiger partial charge < -0.3 is 4.90 Å². The van der Waals surface area contributed by atoms with Crippen molar-refractivity contribution >= 4 is 17.5 Å². The van der Waals surface area contributed by atoms with Crippen molar-refractivity contribution in [2.24, 2.45) is 5.41 Å². The maximum atomic E-state index is 11.5. The zero-order valence-electron chi connectivity index (χ0n) is 11.3. The number of hydrogen-bond donors (Lipinski definition) is 0. The first-order chi connectivity index (χ1) is 7.23. The standard InChI is InChI=1S/C13H25NOS/c1-11(15)12(2,3)10-14-7-6-13(4,5)16-9-8-14/h6-10H2,1-5H3. The number of rotatable bonds is 3. The summed E-state index contributed by atoms with van der Waals surface area (Å²) in [5.41, 5.74) is -0.195. The van der Waals surface area contributed by atoms with Gasteiger partial charge in [0.05, 0.1) is 0 Å². The van der Waals surface area contributed by atoms with Crippen LogP contribution in [0.5, 0.6) is 0 Å². The highest BCUT2D eigenvalue weighted by atomic mass is 32.2. The van der Waals surface area contributed by atoms with Gasteiger partial charge in [0.15, 0.2) is 0 Å². The Labute approximate surface area is 104 Å². The van der Waals surface area contributed by atoms with E-state index in [-0.39, 0.29) is 5.41 Å². The summed E-state index contributed by atoms with van der Waals surface area (Å²) >= 11 is 2.05. The van der Waals surface area contributed by atoms with Crippen LogP contribution in [0.2, 0.25) is 0 Å². The lowest BCUT2D eigenvalue weighted by atomic mass is 9.88. The predicted octanol–water partition coefficient (Wildman–Crippen LogP) is 2.82. The molecule has 0 unspecified atom stereocenters. The molecule has 0 radical (unpaired) electrons. The minimum Gasteiger partial charge on any atom is -0.301 e. The molecule has 2 nitrogen and oxygen atoms in total. The first-order valence-corrected chi connectivity index (χ1v) is 7.09. The van der Waals surface area contributed by atoms with Gasteiger partial charge in [-0.3, -0.25) is 4.79 Å². The van der Waals surface area contributed by atoms with Crippen LogP contribution in [0, 0.1) is 5.41 Å². The Morgan fingerprint density at radius 1 is 1.38 bits per heavy atom. The van der Waals surface area contributed by atoms with Gasteiger partial charge in [0, 0.05) is 29.0 Å². The number of nitrogens with zero attached hydrogens (tertiary/aromatic N) is 1. The van der Waals surface area contributed by atoms with E-state index in [4.69, 9.17) is 0 Å². The summed E-state index contributed by atoms with van der Waals surface area (Å²) in [5.74, 6) is 1.48. The molecule has 0 N–H and O–H groups in total. The van der Waals surface area contributed by atoms with E-state index in [0.717, 1.165) is 19.6 Å². The van der Waals surface area contributed by atoms with Crippen molar-refractivity contribution in [1.82, 2.24) is 4.90 Å². The normalized spacial score (nSPS) is 22.8. The highest BCUT2D eigenvalue weighted by molar-refractivity contribution is 8.00. The van der Waals surface area contributed by atoms with Gasteiger partial charge in [-0.15, -0.1) is 0 Å². The van der Waals surface area contributed by atoms with E-state index in [2.05, 4.69) is 44.4 Å². The Kier molecular flexibility index (Phi) is 4.47. The zero-order chi connectivity index (χ0) is 12.4. The lowest BCUT2D eigenvalue weighted by Crippen LogP contribution is -2.39. The molecule has 0 saturated carbocycles. The van der Waals surface area contributed by atoms with Crippen LogP contribution in [-0.2, 0) is 4.79 Å². The molecule has 1 fully saturated rings. The van der Waals surface area contributed by atoms with E-state index >= 15 is 0 Å². The molecular formula is C13H25NOS. The largest absolute Gasteiger partial charge is 0.301 e. The van der Waals surface area contributed by atoms with Crippen molar-refractivity contribution < 1.29 is 4.79 Å². The molecule has 1 rings (SSSR count). The lowest BCUT2D eigenvalue weighted by molar-refractivity contribution is -0.125. The molecule has 0 aromatic heterocycles. The zero-order valence-corrected chi connectivity index (χ0v) is 12.1. The van der Waals surface area contributed by atoms with Crippen molar-refractivity contribution in [2.45, 2.75) is 45.8 Å². The van der Waals surface area contributed by atoms with Crippen molar-refractivity contribution in [1.29, 1.82) is 0 Å². The van der Waals surface area contributed by atoms with Crippen LogP contribution >= 0.6 is 11.8 Å². The maximum absolute atomic E-state index is 11.5. The van der Waals surface area contributed by atoms with Crippen LogP contribution in [0.4, 0.5) is 0 Å². The van der Waals surface area contributed by atoms with Crippen LogP contribution in [0.3, 0.4) is 0 Å². The van der Waals surface area contributed by atoms with E-state index in [9.17, 15) is 4.79 Å². The fourth-order valence-corrected chi connectivity index (χ4v) is 3.03. The number of thioether (sulfide) groups is 1. The Balaban J connectivity index is 2.53. The molecule has 0 aromatic rings. The van der Waals surface area contributed by atoms with Crippen molar-refractivity contribution in [3.63, 3.8) is 0 Å². The summed E-state index contributed by atoms with van der Waals surface area (Å²) in [6.45, 7) is 13.6. The van der Waals surface area contributed by atoms with E-state index in [1.54, 1.807) is 6.92 Å². The second kappa shape index (κ2) is 5.09. The molecule has 0 aliphatic carbocycles. The van der Waals surface area contributed by atoms with Crippen molar-refractivity contribution in [3.8, 4) is 0 Å². The van der Waals surface area contributed by atoms with Gasteiger partial charge >= 0.3 is 0 Å². The third kappa shape index (κ3) is 4.10. The number of ketones is 1. The predicted molar refractivity (Wildman–Crippen MR) is 72.1 cm³/mol. The van der Waals surface area contributed by atoms with Crippen LogP contribution < -0.4 is 0 Å². The number of carbonyl (C=O) groups excluding carboxylic acids is 1. The van der Waals surface area contributed by atoms with Gasteiger partial charge in [-0.1, -0.05) is 27.7 Å². The van der Waals surface area contributed by atoms with Gasteiger partial charge in [-0.2, -0.15) is 11.8 Å². The van der Waals surface area contributed by atoms with Gasteiger partial charge in [-0.25, -0.2) is 0 Å². The van der Waals surface area contributed by atoms with E-state index < -0.39 is 0 Å². The van der Waals surface area contributed by atoms with E-state index in [1.807, 2.05) is 0 Å². The first-order valence-electron chi connectivity index (χ1n) is 6.10. The lowest BCUT2D eigenvalue weighted by Gasteiger charge is -2.30. The number of hydrogen-bond acceptors (Lipinski definition) is 3. The summed E-state index contributed by atoms with van der Waals surface area (Å²) in [4.78, 5) is 14.0.